The summed E-state index contributed by atoms with van der Waals surface area (Å²) >= 11 is 7.18. The van der Waals surface area contributed by atoms with Gasteiger partial charge in [0.05, 0.1) is 43.6 Å². The standard InChI is InChI=1S/C32H25ClN6O5S/c1-19-7-13-23(14-8-19)38-31(42)25-5-3-4-6-28(25)35-32(38)45-18-29(40)34-22-11-9-21(10-12-22)20(2)36-37-30(41)26-17-24(39(43)44)15-16-27(26)33/h3-17H,18H2,1-2H3,(H,34,40)(H,37,41)/b36-20+. The summed E-state index contributed by atoms with van der Waals surface area (Å²) in [6.07, 6.45) is 0. The van der Waals surface area contributed by atoms with Gasteiger partial charge in [0.2, 0.25) is 5.91 Å². The van der Waals surface area contributed by atoms with E-state index in [0.717, 1.165) is 23.4 Å². The average molecular weight is 641 g/mol. The number of halogens is 1. The first-order chi connectivity index (χ1) is 21.6. The Morgan fingerprint density at radius 1 is 1.02 bits per heavy atom. The summed E-state index contributed by atoms with van der Waals surface area (Å²) in [5.74, 6) is -0.985. The van der Waals surface area contributed by atoms with E-state index < -0.39 is 10.8 Å². The number of amides is 2. The normalized spacial score (nSPS) is 11.3. The van der Waals surface area contributed by atoms with Gasteiger partial charge in [-0.1, -0.05) is 65.3 Å². The number of para-hydroxylation sites is 1. The van der Waals surface area contributed by atoms with Gasteiger partial charge in [0.15, 0.2) is 5.16 Å². The molecule has 0 aliphatic heterocycles. The smallest absolute Gasteiger partial charge is 0.273 e. The highest BCUT2D eigenvalue weighted by Gasteiger charge is 2.17. The van der Waals surface area contributed by atoms with E-state index in [1.807, 2.05) is 37.3 Å². The van der Waals surface area contributed by atoms with Crippen LogP contribution in [0.2, 0.25) is 5.02 Å². The van der Waals surface area contributed by atoms with Crippen molar-refractivity contribution < 1.29 is 14.5 Å². The Balaban J connectivity index is 1.25. The van der Waals surface area contributed by atoms with Crippen LogP contribution in [0.5, 0.6) is 0 Å². The lowest BCUT2D eigenvalue weighted by Gasteiger charge is -2.13. The number of anilines is 1. The summed E-state index contributed by atoms with van der Waals surface area (Å²) in [6.45, 7) is 3.63. The van der Waals surface area contributed by atoms with E-state index >= 15 is 0 Å². The Hall–Kier alpha value is -5.33. The van der Waals surface area contributed by atoms with Crippen molar-refractivity contribution in [2.24, 2.45) is 5.10 Å². The predicted octanol–water partition coefficient (Wildman–Crippen LogP) is 6.14. The van der Waals surface area contributed by atoms with E-state index in [2.05, 4.69) is 20.8 Å². The van der Waals surface area contributed by atoms with Gasteiger partial charge >= 0.3 is 0 Å². The molecule has 0 aliphatic rings. The van der Waals surface area contributed by atoms with E-state index in [0.29, 0.717) is 38.7 Å². The fourth-order valence-electron chi connectivity index (χ4n) is 4.31. The summed E-state index contributed by atoms with van der Waals surface area (Å²) in [4.78, 5) is 53.9. The van der Waals surface area contributed by atoms with Gasteiger partial charge in [-0.05, 0) is 61.9 Å². The van der Waals surface area contributed by atoms with Crippen LogP contribution in [0.1, 0.15) is 28.4 Å². The molecule has 2 N–H and O–H groups in total. The molecule has 1 heterocycles. The van der Waals surface area contributed by atoms with Crippen molar-refractivity contribution in [3.8, 4) is 5.69 Å². The molecular formula is C32H25ClN6O5S. The second kappa shape index (κ2) is 13.5. The molecule has 11 nitrogen and oxygen atoms in total. The molecule has 0 fully saturated rings. The maximum atomic E-state index is 13.4. The third-order valence-corrected chi connectivity index (χ3v) is 7.95. The van der Waals surface area contributed by atoms with Crippen LogP contribution >= 0.6 is 23.4 Å². The van der Waals surface area contributed by atoms with Crippen LogP contribution in [0.4, 0.5) is 11.4 Å². The van der Waals surface area contributed by atoms with Crippen LogP contribution < -0.4 is 16.3 Å². The summed E-state index contributed by atoms with van der Waals surface area (Å²) in [7, 11) is 0. The van der Waals surface area contributed by atoms with Crippen LogP contribution in [0.3, 0.4) is 0 Å². The molecule has 45 heavy (non-hydrogen) atoms. The molecule has 0 spiro atoms. The fraction of sp³-hybridized carbons (Fsp3) is 0.0938. The third kappa shape index (κ3) is 7.25. The second-order valence-electron chi connectivity index (χ2n) is 9.86. The number of nitrogens with one attached hydrogen (secondary N) is 2. The summed E-state index contributed by atoms with van der Waals surface area (Å²) < 4.78 is 1.52. The molecule has 226 valence electrons. The van der Waals surface area contributed by atoms with E-state index in [4.69, 9.17) is 11.6 Å². The van der Waals surface area contributed by atoms with Crippen molar-refractivity contribution in [2.45, 2.75) is 19.0 Å². The van der Waals surface area contributed by atoms with Crippen molar-refractivity contribution in [2.75, 3.05) is 11.1 Å². The van der Waals surface area contributed by atoms with Crippen molar-refractivity contribution in [3.63, 3.8) is 0 Å². The zero-order valence-corrected chi connectivity index (χ0v) is 25.6. The Labute approximate surface area is 266 Å². The number of nitro benzene ring substituents is 1. The SMILES string of the molecule is C/C(=N\NC(=O)c1cc([N+](=O)[O-])ccc1Cl)c1ccc(NC(=O)CSc2nc3ccccc3c(=O)n2-c2ccc(C)cc2)cc1. The maximum absolute atomic E-state index is 13.4. The molecule has 0 saturated heterocycles. The Bertz CT molecular complexity index is 2030. The predicted molar refractivity (Wildman–Crippen MR) is 176 cm³/mol. The van der Waals surface area contributed by atoms with Crippen molar-refractivity contribution in [1.82, 2.24) is 15.0 Å². The molecule has 2 amide bonds. The number of hydrogen-bond donors (Lipinski definition) is 2. The highest BCUT2D eigenvalue weighted by Crippen LogP contribution is 2.23. The molecule has 0 atom stereocenters. The number of carbonyl (C=O) groups is 2. The van der Waals surface area contributed by atoms with E-state index in [-0.39, 0.29) is 33.5 Å². The zero-order chi connectivity index (χ0) is 32.1. The Morgan fingerprint density at radius 2 is 1.73 bits per heavy atom. The van der Waals surface area contributed by atoms with Gasteiger partial charge in [-0.2, -0.15) is 5.10 Å². The molecule has 4 aromatic carbocycles. The molecule has 13 heteroatoms. The van der Waals surface area contributed by atoms with Crippen molar-refractivity contribution in [1.29, 1.82) is 0 Å². The van der Waals surface area contributed by atoms with Crippen molar-refractivity contribution >= 4 is 63.2 Å². The van der Waals surface area contributed by atoms with Gasteiger partial charge < -0.3 is 5.32 Å². The van der Waals surface area contributed by atoms with Gasteiger partial charge in [0.25, 0.3) is 17.2 Å². The lowest BCUT2D eigenvalue weighted by Crippen LogP contribution is -2.23. The highest BCUT2D eigenvalue weighted by atomic mass is 35.5. The number of carbonyl (C=O) groups excluding carboxylic acids is 2. The number of benzene rings is 4. The Morgan fingerprint density at radius 3 is 2.44 bits per heavy atom. The molecule has 5 aromatic rings. The number of hydrazone groups is 1. The number of hydrogen-bond acceptors (Lipinski definition) is 8. The quantitative estimate of drug-likeness (QED) is 0.0646. The van der Waals surface area contributed by atoms with Crippen molar-refractivity contribution in [3.05, 3.63) is 133 Å². The second-order valence-corrected chi connectivity index (χ2v) is 11.2. The number of thioether (sulfide) groups is 1. The minimum Gasteiger partial charge on any atom is -0.325 e. The highest BCUT2D eigenvalue weighted by molar-refractivity contribution is 7.99. The van der Waals surface area contributed by atoms with Gasteiger partial charge in [0.1, 0.15) is 0 Å². The molecule has 0 bridgehead atoms. The van der Waals surface area contributed by atoms with Gasteiger partial charge in [0, 0.05) is 17.8 Å². The van der Waals surface area contributed by atoms with E-state index in [1.165, 1.54) is 16.7 Å². The van der Waals surface area contributed by atoms with Crippen LogP contribution in [-0.4, -0.2) is 37.8 Å². The maximum Gasteiger partial charge on any atom is 0.273 e. The molecule has 1 aromatic heterocycles. The summed E-state index contributed by atoms with van der Waals surface area (Å²) in [5.41, 5.74) is 5.70. The van der Waals surface area contributed by atoms with E-state index in [1.54, 1.807) is 49.4 Å². The molecule has 0 unspecified atom stereocenters. The monoisotopic (exact) mass is 640 g/mol. The topological polar surface area (TPSA) is 149 Å². The molecule has 0 saturated carbocycles. The molecule has 5 rings (SSSR count). The van der Waals surface area contributed by atoms with Crippen LogP contribution in [0.25, 0.3) is 16.6 Å². The zero-order valence-electron chi connectivity index (χ0n) is 24.0. The minimum absolute atomic E-state index is 0.00508. The van der Waals surface area contributed by atoms with Crippen LogP contribution in [0.15, 0.2) is 106 Å². The third-order valence-electron chi connectivity index (χ3n) is 6.69. The Kier molecular flexibility index (Phi) is 9.36. The molecular weight excluding hydrogens is 616 g/mol. The number of non-ortho nitro benzene ring substituents is 1. The lowest BCUT2D eigenvalue weighted by molar-refractivity contribution is -0.384. The number of rotatable bonds is 9. The molecule has 0 radical (unpaired) electrons. The average Bonchev–Trinajstić information content (AvgIpc) is 3.03. The number of nitrogens with zero attached hydrogens (tertiary/aromatic N) is 4. The van der Waals surface area contributed by atoms with Gasteiger partial charge in [-0.15, -0.1) is 0 Å². The first kappa shape index (κ1) is 31.1. The van der Waals surface area contributed by atoms with E-state index in [9.17, 15) is 24.5 Å². The number of aryl methyl sites for hydroxylation is 1. The van der Waals surface area contributed by atoms with Gasteiger partial charge in [-0.25, -0.2) is 10.4 Å². The van der Waals surface area contributed by atoms with Crippen LogP contribution in [-0.2, 0) is 4.79 Å². The summed E-state index contributed by atoms with van der Waals surface area (Å²) in [5, 5.41) is 18.9. The lowest BCUT2D eigenvalue weighted by atomic mass is 10.1. The van der Waals surface area contributed by atoms with Crippen LogP contribution in [0, 0.1) is 17.0 Å². The first-order valence-corrected chi connectivity index (χ1v) is 14.9. The largest absolute Gasteiger partial charge is 0.325 e. The summed E-state index contributed by atoms with van der Waals surface area (Å²) in [6, 6.07) is 25.0. The number of aromatic nitrogens is 2. The van der Waals surface area contributed by atoms with Gasteiger partial charge in [-0.3, -0.25) is 29.1 Å². The first-order valence-electron chi connectivity index (χ1n) is 13.5. The number of fused-ring (bicyclic) bond motifs is 1. The number of nitro groups is 1. The minimum atomic E-state index is -0.696. The fourth-order valence-corrected chi connectivity index (χ4v) is 5.33. The molecule has 0 aliphatic carbocycles.